The molecule has 0 spiro atoms. The molecule has 3 heterocycles. The predicted octanol–water partition coefficient (Wildman–Crippen LogP) is 2.83. The van der Waals surface area contributed by atoms with Crippen molar-refractivity contribution in [3.8, 4) is 0 Å². The molecule has 0 fully saturated rings. The van der Waals surface area contributed by atoms with E-state index < -0.39 is 0 Å². The third kappa shape index (κ3) is 2.02. The number of nitrogens with two attached hydrogens (primary N) is 1. The molecule has 6 nitrogen and oxygen atoms in total. The van der Waals surface area contributed by atoms with Gasteiger partial charge in [-0.15, -0.1) is 0 Å². The first kappa shape index (κ1) is 11.7. The zero-order chi connectivity index (χ0) is 14.2. The topological polar surface area (TPSA) is 92.5 Å². The van der Waals surface area contributed by atoms with Gasteiger partial charge < -0.3 is 16.0 Å². The molecule has 0 atom stereocenters. The van der Waals surface area contributed by atoms with Gasteiger partial charge in [0.1, 0.15) is 18.0 Å². The Kier molecular flexibility index (Phi) is 2.47. The molecular weight excluding hydrogens is 264 g/mol. The fourth-order valence-corrected chi connectivity index (χ4v) is 2.34. The molecule has 0 aliphatic rings. The van der Waals surface area contributed by atoms with E-state index in [2.05, 4.69) is 31.3 Å². The van der Waals surface area contributed by atoms with Crippen molar-refractivity contribution in [2.24, 2.45) is 0 Å². The fourth-order valence-electron chi connectivity index (χ4n) is 2.34. The minimum atomic E-state index is 0.446. The van der Waals surface area contributed by atoms with E-state index >= 15 is 0 Å². The second kappa shape index (κ2) is 4.45. The van der Waals surface area contributed by atoms with Crippen LogP contribution in [0.1, 0.15) is 0 Å². The van der Waals surface area contributed by atoms with Crippen LogP contribution in [0.5, 0.6) is 0 Å². The van der Waals surface area contributed by atoms with Crippen LogP contribution in [-0.2, 0) is 0 Å². The van der Waals surface area contributed by atoms with Gasteiger partial charge in [-0.2, -0.15) is 0 Å². The Hall–Kier alpha value is -3.15. The first-order valence-corrected chi connectivity index (χ1v) is 6.50. The summed E-state index contributed by atoms with van der Waals surface area (Å²) in [4.78, 5) is 15.7. The number of nitrogens with zero attached hydrogens (tertiary/aromatic N) is 3. The van der Waals surface area contributed by atoms with Crippen molar-refractivity contribution in [3.63, 3.8) is 0 Å². The maximum Gasteiger partial charge on any atom is 0.141 e. The molecular formula is C15H12N6. The molecule has 4 aromatic rings. The average Bonchev–Trinajstić information content (AvgIpc) is 2.95. The molecule has 0 saturated heterocycles. The summed E-state index contributed by atoms with van der Waals surface area (Å²) in [5, 5.41) is 5.29. The van der Waals surface area contributed by atoms with Gasteiger partial charge in [0, 0.05) is 28.2 Å². The van der Waals surface area contributed by atoms with Crippen LogP contribution in [0.2, 0.25) is 0 Å². The number of aromatic amines is 1. The third-order valence-corrected chi connectivity index (χ3v) is 3.36. The number of pyridine rings is 1. The summed E-state index contributed by atoms with van der Waals surface area (Å²) in [5.41, 5.74) is 8.56. The number of nitrogen functional groups attached to an aromatic ring is 1. The smallest absolute Gasteiger partial charge is 0.141 e. The van der Waals surface area contributed by atoms with Crippen molar-refractivity contribution in [1.82, 2.24) is 19.9 Å². The minimum Gasteiger partial charge on any atom is -0.384 e. The van der Waals surface area contributed by atoms with E-state index in [1.54, 1.807) is 12.3 Å². The molecule has 0 bridgehead atoms. The first-order chi connectivity index (χ1) is 10.3. The van der Waals surface area contributed by atoms with Gasteiger partial charge >= 0.3 is 0 Å². The Balaban J connectivity index is 1.81. The van der Waals surface area contributed by atoms with Crippen molar-refractivity contribution in [1.29, 1.82) is 0 Å². The predicted molar refractivity (Wildman–Crippen MR) is 83.3 cm³/mol. The van der Waals surface area contributed by atoms with Crippen LogP contribution in [0.4, 0.5) is 17.3 Å². The number of H-pyrrole nitrogens is 1. The second-order valence-electron chi connectivity index (χ2n) is 4.75. The highest BCUT2D eigenvalue weighted by Crippen LogP contribution is 2.25. The monoisotopic (exact) mass is 276 g/mol. The van der Waals surface area contributed by atoms with Gasteiger partial charge in [-0.3, -0.25) is 0 Å². The van der Waals surface area contributed by atoms with Crippen molar-refractivity contribution < 1.29 is 0 Å². The largest absolute Gasteiger partial charge is 0.384 e. The Bertz CT molecular complexity index is 943. The van der Waals surface area contributed by atoms with E-state index in [1.807, 2.05) is 24.4 Å². The van der Waals surface area contributed by atoms with Crippen molar-refractivity contribution in [2.45, 2.75) is 0 Å². The molecule has 102 valence electrons. The number of anilines is 3. The van der Waals surface area contributed by atoms with Gasteiger partial charge in [-0.1, -0.05) is 0 Å². The number of hydrogen-bond acceptors (Lipinski definition) is 5. The zero-order valence-corrected chi connectivity index (χ0v) is 11.0. The Labute approximate surface area is 120 Å². The highest BCUT2D eigenvalue weighted by molar-refractivity contribution is 5.92. The molecule has 3 aromatic heterocycles. The van der Waals surface area contributed by atoms with E-state index in [0.717, 1.165) is 27.5 Å². The van der Waals surface area contributed by atoms with Gasteiger partial charge in [0.05, 0.1) is 11.7 Å². The van der Waals surface area contributed by atoms with Gasteiger partial charge in [-0.05, 0) is 30.3 Å². The Morgan fingerprint density at radius 2 is 2.00 bits per heavy atom. The lowest BCUT2D eigenvalue weighted by atomic mass is 10.2. The summed E-state index contributed by atoms with van der Waals surface area (Å²) in [5.74, 6) is 1.16. The minimum absolute atomic E-state index is 0.446. The molecule has 0 saturated carbocycles. The van der Waals surface area contributed by atoms with Crippen LogP contribution < -0.4 is 11.1 Å². The van der Waals surface area contributed by atoms with E-state index in [4.69, 9.17) is 5.73 Å². The molecule has 0 aliphatic heterocycles. The summed E-state index contributed by atoms with van der Waals surface area (Å²) in [6.07, 6.45) is 5.07. The van der Waals surface area contributed by atoms with Crippen LogP contribution in [0, 0.1) is 0 Å². The number of benzene rings is 1. The summed E-state index contributed by atoms with van der Waals surface area (Å²) < 4.78 is 0. The van der Waals surface area contributed by atoms with Crippen molar-refractivity contribution in [2.75, 3.05) is 11.1 Å². The lowest BCUT2D eigenvalue weighted by Gasteiger charge is -2.08. The van der Waals surface area contributed by atoms with Crippen molar-refractivity contribution >= 4 is 39.1 Å². The van der Waals surface area contributed by atoms with Gasteiger partial charge in [-0.25, -0.2) is 15.0 Å². The Morgan fingerprint density at radius 3 is 2.95 bits per heavy atom. The molecule has 21 heavy (non-hydrogen) atoms. The van der Waals surface area contributed by atoms with Crippen LogP contribution in [0.15, 0.2) is 49.1 Å². The zero-order valence-electron chi connectivity index (χ0n) is 11.0. The second-order valence-corrected chi connectivity index (χ2v) is 4.75. The highest BCUT2D eigenvalue weighted by Gasteiger charge is 2.06. The van der Waals surface area contributed by atoms with Crippen LogP contribution in [0.3, 0.4) is 0 Å². The molecule has 0 unspecified atom stereocenters. The first-order valence-electron chi connectivity index (χ1n) is 6.50. The molecule has 4 rings (SSSR count). The molecule has 0 aliphatic carbocycles. The standard InChI is InChI=1S/C15H12N6/c16-14-6-11-13(7-18-14)19-8-20-15(11)21-10-1-2-12-9(5-10)3-4-17-12/h1-8,17H,(H2,16,18)(H,19,20,21). The number of hydrogen-bond donors (Lipinski definition) is 3. The van der Waals surface area contributed by atoms with E-state index in [9.17, 15) is 0 Å². The normalized spacial score (nSPS) is 11.0. The van der Waals surface area contributed by atoms with E-state index in [-0.39, 0.29) is 0 Å². The average molecular weight is 276 g/mol. The number of aromatic nitrogens is 4. The lowest BCUT2D eigenvalue weighted by Crippen LogP contribution is -1.98. The van der Waals surface area contributed by atoms with Crippen LogP contribution in [0.25, 0.3) is 21.8 Å². The van der Waals surface area contributed by atoms with Gasteiger partial charge in [0.2, 0.25) is 0 Å². The number of nitrogens with one attached hydrogen (secondary N) is 2. The van der Waals surface area contributed by atoms with Crippen molar-refractivity contribution in [3.05, 3.63) is 49.1 Å². The molecule has 0 radical (unpaired) electrons. The number of rotatable bonds is 2. The SMILES string of the molecule is Nc1cc2c(Nc3ccc4[nH]ccc4c3)ncnc2cn1. The van der Waals surface area contributed by atoms with E-state index in [0.29, 0.717) is 11.6 Å². The summed E-state index contributed by atoms with van der Waals surface area (Å²) in [6.45, 7) is 0. The molecule has 6 heteroatoms. The van der Waals surface area contributed by atoms with Crippen LogP contribution in [-0.4, -0.2) is 19.9 Å². The molecule has 4 N–H and O–H groups in total. The lowest BCUT2D eigenvalue weighted by molar-refractivity contribution is 1.20. The van der Waals surface area contributed by atoms with Gasteiger partial charge in [0.15, 0.2) is 0 Å². The van der Waals surface area contributed by atoms with Gasteiger partial charge in [0.25, 0.3) is 0 Å². The maximum atomic E-state index is 5.75. The summed E-state index contributed by atoms with van der Waals surface area (Å²) in [6, 6.07) is 9.88. The summed E-state index contributed by atoms with van der Waals surface area (Å²) >= 11 is 0. The third-order valence-electron chi connectivity index (χ3n) is 3.36. The fraction of sp³-hybridized carbons (Fsp3) is 0. The van der Waals surface area contributed by atoms with Crippen LogP contribution >= 0.6 is 0 Å². The summed E-state index contributed by atoms with van der Waals surface area (Å²) in [7, 11) is 0. The maximum absolute atomic E-state index is 5.75. The number of fused-ring (bicyclic) bond motifs is 2. The molecule has 0 amide bonds. The molecule has 1 aromatic carbocycles. The quantitative estimate of drug-likeness (QED) is 0.523. The van der Waals surface area contributed by atoms with E-state index in [1.165, 1.54) is 6.33 Å². The highest BCUT2D eigenvalue weighted by atomic mass is 15.0. The Morgan fingerprint density at radius 1 is 1.05 bits per heavy atom.